The largest absolute Gasteiger partial charge is 0.306 e. The van der Waals surface area contributed by atoms with Gasteiger partial charge in [-0.2, -0.15) is 0 Å². The van der Waals surface area contributed by atoms with Crippen LogP contribution in [0.1, 0.15) is 36.1 Å². The van der Waals surface area contributed by atoms with E-state index in [4.69, 9.17) is 11.6 Å². The molecule has 1 aromatic carbocycles. The number of halogens is 2. The first kappa shape index (κ1) is 14.9. The van der Waals surface area contributed by atoms with Crippen molar-refractivity contribution < 1.29 is 4.39 Å². The van der Waals surface area contributed by atoms with Gasteiger partial charge in [0.25, 0.3) is 0 Å². The minimum Gasteiger partial charge on any atom is -0.306 e. The summed E-state index contributed by atoms with van der Waals surface area (Å²) in [6.07, 6.45) is 4.51. The Bertz CT molecular complexity index is 586. The van der Waals surface area contributed by atoms with Gasteiger partial charge in [-0.05, 0) is 49.2 Å². The van der Waals surface area contributed by atoms with Gasteiger partial charge in [0, 0.05) is 23.0 Å². The molecule has 0 bridgehead atoms. The molecule has 20 heavy (non-hydrogen) atoms. The molecular weight excluding hydrogens is 275 g/mol. The minimum atomic E-state index is -0.297. The van der Waals surface area contributed by atoms with Gasteiger partial charge in [0.1, 0.15) is 5.82 Å². The van der Waals surface area contributed by atoms with Gasteiger partial charge in [0.15, 0.2) is 0 Å². The second-order valence-electron chi connectivity index (χ2n) is 4.79. The lowest BCUT2D eigenvalue weighted by Gasteiger charge is -2.21. The summed E-state index contributed by atoms with van der Waals surface area (Å²) in [5, 5.41) is 3.79. The molecule has 106 valence electrons. The van der Waals surface area contributed by atoms with E-state index in [1.165, 1.54) is 6.07 Å². The monoisotopic (exact) mass is 292 g/mol. The maximum atomic E-state index is 14.2. The van der Waals surface area contributed by atoms with Crippen molar-refractivity contribution in [2.45, 2.75) is 26.3 Å². The fourth-order valence-corrected chi connectivity index (χ4v) is 2.35. The summed E-state index contributed by atoms with van der Waals surface area (Å²) in [6, 6.07) is 6.53. The number of hydrogen-bond acceptors (Lipinski definition) is 2. The maximum Gasteiger partial charge on any atom is 0.129 e. The van der Waals surface area contributed by atoms with E-state index in [1.807, 2.05) is 13.0 Å². The number of aryl methyl sites for hydroxylation is 1. The van der Waals surface area contributed by atoms with Gasteiger partial charge in [-0.3, -0.25) is 4.98 Å². The van der Waals surface area contributed by atoms with Gasteiger partial charge < -0.3 is 5.32 Å². The summed E-state index contributed by atoms with van der Waals surface area (Å²) < 4.78 is 14.2. The molecule has 1 atom stereocenters. The highest BCUT2D eigenvalue weighted by Crippen LogP contribution is 2.27. The molecule has 1 aromatic heterocycles. The predicted octanol–water partition coefficient (Wildman–Crippen LogP) is 4.27. The van der Waals surface area contributed by atoms with E-state index in [0.717, 1.165) is 24.1 Å². The van der Waals surface area contributed by atoms with Crippen LogP contribution in [0.4, 0.5) is 4.39 Å². The molecule has 0 saturated heterocycles. The highest BCUT2D eigenvalue weighted by molar-refractivity contribution is 6.30. The first-order valence-electron chi connectivity index (χ1n) is 6.72. The van der Waals surface area contributed by atoms with Crippen molar-refractivity contribution >= 4 is 11.6 Å². The van der Waals surface area contributed by atoms with Crippen LogP contribution >= 0.6 is 11.6 Å². The molecule has 0 saturated carbocycles. The normalized spacial score (nSPS) is 12.4. The van der Waals surface area contributed by atoms with E-state index in [9.17, 15) is 4.39 Å². The smallest absolute Gasteiger partial charge is 0.129 e. The first-order valence-corrected chi connectivity index (χ1v) is 7.10. The van der Waals surface area contributed by atoms with Gasteiger partial charge >= 0.3 is 0 Å². The van der Waals surface area contributed by atoms with Crippen molar-refractivity contribution in [2.24, 2.45) is 0 Å². The second kappa shape index (κ2) is 6.82. The third-order valence-electron chi connectivity index (χ3n) is 3.26. The Morgan fingerprint density at radius 1 is 1.30 bits per heavy atom. The first-order chi connectivity index (χ1) is 9.63. The lowest BCUT2D eigenvalue weighted by atomic mass is 9.96. The van der Waals surface area contributed by atoms with Crippen LogP contribution in [0.25, 0.3) is 0 Å². The van der Waals surface area contributed by atoms with Gasteiger partial charge in [0.05, 0.1) is 6.04 Å². The Morgan fingerprint density at radius 2 is 2.10 bits per heavy atom. The van der Waals surface area contributed by atoms with Crippen LogP contribution in [0.15, 0.2) is 36.7 Å². The molecule has 0 spiro atoms. The van der Waals surface area contributed by atoms with Crippen LogP contribution in [0.2, 0.25) is 5.02 Å². The molecule has 4 heteroatoms. The summed E-state index contributed by atoms with van der Waals surface area (Å²) >= 11 is 5.83. The molecule has 2 rings (SSSR count). The molecule has 2 nitrogen and oxygen atoms in total. The number of benzene rings is 1. The van der Waals surface area contributed by atoms with Crippen molar-refractivity contribution in [3.05, 3.63) is 64.2 Å². The third kappa shape index (κ3) is 3.35. The standard InChI is InChI=1S/C16H18ClFN2/c1-3-7-20-16(14-10-19-8-6-11(14)2)13-5-4-12(17)9-15(13)18/h4-6,8-10,16,20H,3,7H2,1-2H3. The van der Waals surface area contributed by atoms with E-state index in [-0.39, 0.29) is 11.9 Å². The van der Waals surface area contributed by atoms with Gasteiger partial charge in [0.2, 0.25) is 0 Å². The second-order valence-corrected chi connectivity index (χ2v) is 5.22. The SMILES string of the molecule is CCCNC(c1cnccc1C)c1ccc(Cl)cc1F. The molecule has 2 aromatic rings. The number of hydrogen-bond donors (Lipinski definition) is 1. The quantitative estimate of drug-likeness (QED) is 0.890. The van der Waals surface area contributed by atoms with Crippen molar-refractivity contribution in [3.8, 4) is 0 Å². The van der Waals surface area contributed by atoms with Crippen LogP contribution in [0.5, 0.6) is 0 Å². The fraction of sp³-hybridized carbons (Fsp3) is 0.312. The zero-order chi connectivity index (χ0) is 14.5. The maximum absolute atomic E-state index is 14.2. The Labute approximate surface area is 124 Å². The highest BCUT2D eigenvalue weighted by atomic mass is 35.5. The Hall–Kier alpha value is -1.45. The van der Waals surface area contributed by atoms with Gasteiger partial charge in [-0.25, -0.2) is 4.39 Å². The van der Waals surface area contributed by atoms with Crippen molar-refractivity contribution in [1.29, 1.82) is 0 Å². The number of rotatable bonds is 5. The Balaban J connectivity index is 2.44. The number of nitrogens with zero attached hydrogens (tertiary/aromatic N) is 1. The van der Waals surface area contributed by atoms with E-state index < -0.39 is 0 Å². The van der Waals surface area contributed by atoms with Crippen LogP contribution in [0, 0.1) is 12.7 Å². The summed E-state index contributed by atoms with van der Waals surface area (Å²) in [5.41, 5.74) is 2.67. The van der Waals surface area contributed by atoms with E-state index in [1.54, 1.807) is 24.5 Å². The lowest BCUT2D eigenvalue weighted by Crippen LogP contribution is -2.25. The van der Waals surface area contributed by atoms with E-state index >= 15 is 0 Å². The van der Waals surface area contributed by atoms with Crippen LogP contribution in [-0.4, -0.2) is 11.5 Å². The number of nitrogens with one attached hydrogen (secondary N) is 1. The fourth-order valence-electron chi connectivity index (χ4n) is 2.19. The van der Waals surface area contributed by atoms with Crippen LogP contribution in [-0.2, 0) is 0 Å². The van der Waals surface area contributed by atoms with Crippen molar-refractivity contribution in [1.82, 2.24) is 10.3 Å². The average molecular weight is 293 g/mol. The Morgan fingerprint density at radius 3 is 2.75 bits per heavy atom. The zero-order valence-electron chi connectivity index (χ0n) is 11.7. The summed E-state index contributed by atoms with van der Waals surface area (Å²) in [5.74, 6) is -0.297. The van der Waals surface area contributed by atoms with Crippen LogP contribution in [0.3, 0.4) is 0 Å². The van der Waals surface area contributed by atoms with Gasteiger partial charge in [-0.1, -0.05) is 24.6 Å². The van der Waals surface area contributed by atoms with Crippen LogP contribution < -0.4 is 5.32 Å². The highest BCUT2D eigenvalue weighted by Gasteiger charge is 2.19. The molecule has 0 aliphatic heterocycles. The number of pyridine rings is 1. The van der Waals surface area contributed by atoms with Crippen molar-refractivity contribution in [3.63, 3.8) is 0 Å². The molecule has 1 unspecified atom stereocenters. The Kier molecular flexibility index (Phi) is 5.10. The predicted molar refractivity (Wildman–Crippen MR) is 80.5 cm³/mol. The lowest BCUT2D eigenvalue weighted by molar-refractivity contribution is 0.544. The van der Waals surface area contributed by atoms with Gasteiger partial charge in [-0.15, -0.1) is 0 Å². The summed E-state index contributed by atoms with van der Waals surface area (Å²) in [7, 11) is 0. The topological polar surface area (TPSA) is 24.9 Å². The molecule has 0 aliphatic carbocycles. The number of aromatic nitrogens is 1. The minimum absolute atomic E-state index is 0.207. The van der Waals surface area contributed by atoms with E-state index in [2.05, 4.69) is 17.2 Å². The molecule has 1 heterocycles. The molecule has 0 aliphatic rings. The molecule has 0 amide bonds. The molecular formula is C16H18ClFN2. The summed E-state index contributed by atoms with van der Waals surface area (Å²) in [6.45, 7) is 4.89. The molecule has 1 N–H and O–H groups in total. The summed E-state index contributed by atoms with van der Waals surface area (Å²) in [4.78, 5) is 4.16. The molecule has 0 fully saturated rings. The zero-order valence-corrected chi connectivity index (χ0v) is 12.4. The molecule has 0 radical (unpaired) electrons. The third-order valence-corrected chi connectivity index (χ3v) is 3.50. The van der Waals surface area contributed by atoms with Crippen molar-refractivity contribution in [2.75, 3.05) is 6.54 Å². The van der Waals surface area contributed by atoms with E-state index in [0.29, 0.717) is 10.6 Å². The average Bonchev–Trinajstić information content (AvgIpc) is 2.42.